The number of Topliss-reactive ketones (excluding diaryl/α,β-unsaturated/α-hetero) is 1. The Morgan fingerprint density at radius 3 is 2.69 bits per heavy atom. The molecule has 0 fully saturated rings. The fourth-order valence-corrected chi connectivity index (χ4v) is 4.92. The van der Waals surface area contributed by atoms with Crippen LogP contribution in [-0.2, 0) is 13.0 Å². The Labute approximate surface area is 191 Å². The van der Waals surface area contributed by atoms with E-state index < -0.39 is 11.2 Å². The van der Waals surface area contributed by atoms with Gasteiger partial charge in [-0.2, -0.15) is 0 Å². The molecule has 0 saturated heterocycles. The number of carbonyl (C=O) groups is 1. The molecule has 0 amide bonds. The number of rotatable bonds is 5. The van der Waals surface area contributed by atoms with Crippen molar-refractivity contribution in [3.63, 3.8) is 0 Å². The SMILES string of the molecule is CCc1cc2c(=O)n(-c3cccc(Cl)c3)c(=O)n(CC(=O)c3ccc4c(c3)OCO4)c2s1. The number of fused-ring (bicyclic) bond motifs is 2. The van der Waals surface area contributed by atoms with E-state index in [9.17, 15) is 14.4 Å². The predicted octanol–water partition coefficient (Wildman–Crippen LogP) is 4.04. The van der Waals surface area contributed by atoms with E-state index in [-0.39, 0.29) is 19.1 Å². The van der Waals surface area contributed by atoms with Crippen LogP contribution in [-0.4, -0.2) is 21.7 Å². The molecule has 7 nitrogen and oxygen atoms in total. The lowest BCUT2D eigenvalue weighted by Crippen LogP contribution is -2.39. The van der Waals surface area contributed by atoms with E-state index in [0.29, 0.717) is 44.4 Å². The van der Waals surface area contributed by atoms with Gasteiger partial charge in [0, 0.05) is 15.5 Å². The molecule has 2 aromatic heterocycles. The van der Waals surface area contributed by atoms with Gasteiger partial charge < -0.3 is 9.47 Å². The number of hydrogen-bond donors (Lipinski definition) is 0. The minimum absolute atomic E-state index is 0.104. The van der Waals surface area contributed by atoms with Crippen molar-refractivity contribution >= 4 is 38.9 Å². The molecule has 0 bridgehead atoms. The molecular formula is C23H17ClN2O5S. The molecule has 0 N–H and O–H groups in total. The van der Waals surface area contributed by atoms with Crippen molar-refractivity contribution in [1.29, 1.82) is 0 Å². The van der Waals surface area contributed by atoms with E-state index in [1.54, 1.807) is 48.5 Å². The summed E-state index contributed by atoms with van der Waals surface area (Å²) < 4.78 is 13.1. The number of aryl methyl sites for hydroxylation is 1. The van der Waals surface area contributed by atoms with Crippen LogP contribution >= 0.6 is 22.9 Å². The van der Waals surface area contributed by atoms with Gasteiger partial charge in [0.1, 0.15) is 4.83 Å². The number of ether oxygens (including phenoxy) is 2. The Balaban J connectivity index is 1.68. The molecule has 32 heavy (non-hydrogen) atoms. The molecule has 0 aliphatic carbocycles. The smallest absolute Gasteiger partial charge is 0.337 e. The van der Waals surface area contributed by atoms with E-state index >= 15 is 0 Å². The predicted molar refractivity (Wildman–Crippen MR) is 123 cm³/mol. The van der Waals surface area contributed by atoms with Crippen LogP contribution in [0.4, 0.5) is 0 Å². The molecule has 2 aromatic carbocycles. The third kappa shape index (κ3) is 3.41. The summed E-state index contributed by atoms with van der Waals surface area (Å²) in [6, 6.07) is 13.2. The highest BCUT2D eigenvalue weighted by Crippen LogP contribution is 2.33. The molecule has 3 heterocycles. The Morgan fingerprint density at radius 1 is 1.09 bits per heavy atom. The second-order valence-corrected chi connectivity index (χ2v) is 8.82. The first-order valence-electron chi connectivity index (χ1n) is 9.93. The Morgan fingerprint density at radius 2 is 1.91 bits per heavy atom. The van der Waals surface area contributed by atoms with Gasteiger partial charge in [-0.15, -0.1) is 11.3 Å². The first-order chi connectivity index (χ1) is 15.5. The van der Waals surface area contributed by atoms with Gasteiger partial charge in [-0.05, 0) is 48.9 Å². The van der Waals surface area contributed by atoms with Crippen LogP contribution in [0.5, 0.6) is 11.5 Å². The first kappa shape index (κ1) is 20.5. The number of benzene rings is 2. The molecule has 0 atom stereocenters. The van der Waals surface area contributed by atoms with Crippen molar-refractivity contribution in [2.75, 3.05) is 6.79 Å². The summed E-state index contributed by atoms with van der Waals surface area (Å²) in [5, 5.41) is 0.793. The van der Waals surface area contributed by atoms with E-state index in [1.807, 2.05) is 6.92 Å². The van der Waals surface area contributed by atoms with Crippen LogP contribution < -0.4 is 20.7 Å². The van der Waals surface area contributed by atoms with Gasteiger partial charge in [-0.3, -0.25) is 14.2 Å². The summed E-state index contributed by atoms with van der Waals surface area (Å²) in [6.45, 7) is 1.85. The number of aromatic nitrogens is 2. The van der Waals surface area contributed by atoms with Crippen LogP contribution in [0.2, 0.25) is 5.02 Å². The largest absolute Gasteiger partial charge is 0.454 e. The van der Waals surface area contributed by atoms with Crippen molar-refractivity contribution in [3.8, 4) is 17.2 Å². The van der Waals surface area contributed by atoms with E-state index in [4.69, 9.17) is 21.1 Å². The first-order valence-corrected chi connectivity index (χ1v) is 11.1. The van der Waals surface area contributed by atoms with Gasteiger partial charge in [0.05, 0.1) is 17.6 Å². The van der Waals surface area contributed by atoms with Gasteiger partial charge in [0.2, 0.25) is 6.79 Å². The summed E-state index contributed by atoms with van der Waals surface area (Å²) in [6.07, 6.45) is 0.709. The Kier molecular flexibility index (Phi) is 5.11. The molecule has 0 radical (unpaired) electrons. The second kappa shape index (κ2) is 7.96. The van der Waals surface area contributed by atoms with Gasteiger partial charge in [0.25, 0.3) is 5.56 Å². The molecule has 5 rings (SSSR count). The maximum atomic E-state index is 13.5. The summed E-state index contributed by atoms with van der Waals surface area (Å²) in [4.78, 5) is 41.2. The zero-order valence-corrected chi connectivity index (χ0v) is 18.5. The van der Waals surface area contributed by atoms with Crippen LogP contribution in [0.25, 0.3) is 15.9 Å². The van der Waals surface area contributed by atoms with Gasteiger partial charge in [0.15, 0.2) is 17.3 Å². The minimum Gasteiger partial charge on any atom is -0.454 e. The number of carbonyl (C=O) groups excluding carboxylic acids is 1. The molecule has 162 valence electrons. The number of halogens is 1. The van der Waals surface area contributed by atoms with Gasteiger partial charge in [-0.25, -0.2) is 9.36 Å². The number of hydrogen-bond acceptors (Lipinski definition) is 6. The summed E-state index contributed by atoms with van der Waals surface area (Å²) in [5.74, 6) is 0.775. The average Bonchev–Trinajstić information content (AvgIpc) is 3.43. The average molecular weight is 469 g/mol. The second-order valence-electron chi connectivity index (χ2n) is 7.27. The standard InChI is InChI=1S/C23H17ClN2O5S/c1-2-16-10-17-21(28)26(15-5-3-4-14(24)9-15)23(29)25(22(17)32-16)11-18(27)13-6-7-19-20(8-13)31-12-30-19/h3-10H,2,11-12H2,1H3. The van der Waals surface area contributed by atoms with Crippen LogP contribution in [0, 0.1) is 0 Å². The zero-order chi connectivity index (χ0) is 22.4. The highest BCUT2D eigenvalue weighted by molar-refractivity contribution is 7.18. The maximum absolute atomic E-state index is 13.5. The minimum atomic E-state index is -0.594. The van der Waals surface area contributed by atoms with Gasteiger partial charge >= 0.3 is 5.69 Å². The molecular weight excluding hydrogens is 452 g/mol. The topological polar surface area (TPSA) is 79.5 Å². The number of ketones is 1. The zero-order valence-electron chi connectivity index (χ0n) is 17.0. The lowest BCUT2D eigenvalue weighted by Gasteiger charge is -2.12. The van der Waals surface area contributed by atoms with Crippen molar-refractivity contribution in [3.05, 3.63) is 84.8 Å². The fraction of sp³-hybridized carbons (Fsp3) is 0.174. The third-order valence-electron chi connectivity index (χ3n) is 5.28. The monoisotopic (exact) mass is 468 g/mol. The molecule has 4 aromatic rings. The van der Waals surface area contributed by atoms with E-state index in [1.165, 1.54) is 15.9 Å². The van der Waals surface area contributed by atoms with Crippen molar-refractivity contribution in [2.45, 2.75) is 19.9 Å². The molecule has 0 spiro atoms. The molecule has 1 aliphatic heterocycles. The third-order valence-corrected chi connectivity index (χ3v) is 6.81. The normalized spacial score (nSPS) is 12.4. The molecule has 1 aliphatic rings. The molecule has 9 heteroatoms. The van der Waals surface area contributed by atoms with Crippen LogP contribution in [0.3, 0.4) is 0 Å². The molecule has 0 unspecified atom stereocenters. The summed E-state index contributed by atoms with van der Waals surface area (Å²) in [5.41, 5.74) is -0.289. The Hall–Kier alpha value is -3.36. The summed E-state index contributed by atoms with van der Waals surface area (Å²) >= 11 is 7.44. The molecule has 0 saturated carbocycles. The van der Waals surface area contributed by atoms with E-state index in [2.05, 4.69) is 0 Å². The van der Waals surface area contributed by atoms with Gasteiger partial charge in [-0.1, -0.05) is 24.6 Å². The lowest BCUT2D eigenvalue weighted by atomic mass is 10.1. The van der Waals surface area contributed by atoms with Crippen LogP contribution in [0.1, 0.15) is 22.2 Å². The van der Waals surface area contributed by atoms with Crippen molar-refractivity contribution in [2.24, 2.45) is 0 Å². The highest BCUT2D eigenvalue weighted by atomic mass is 35.5. The number of nitrogens with zero attached hydrogens (tertiary/aromatic N) is 2. The quantitative estimate of drug-likeness (QED) is 0.413. The van der Waals surface area contributed by atoms with Crippen molar-refractivity contribution < 1.29 is 14.3 Å². The van der Waals surface area contributed by atoms with Crippen molar-refractivity contribution in [1.82, 2.24) is 9.13 Å². The fourth-order valence-electron chi connectivity index (χ4n) is 3.66. The summed E-state index contributed by atoms with van der Waals surface area (Å²) in [7, 11) is 0. The maximum Gasteiger partial charge on any atom is 0.337 e. The lowest BCUT2D eigenvalue weighted by molar-refractivity contribution is 0.0971. The van der Waals surface area contributed by atoms with E-state index in [0.717, 1.165) is 9.44 Å². The number of thiophene rings is 1. The Bertz CT molecular complexity index is 1500. The highest BCUT2D eigenvalue weighted by Gasteiger charge is 2.21. The van der Waals surface area contributed by atoms with Crippen LogP contribution in [0.15, 0.2) is 58.1 Å².